The van der Waals surface area contributed by atoms with Gasteiger partial charge in [-0.3, -0.25) is 4.57 Å². The van der Waals surface area contributed by atoms with Crippen LogP contribution < -0.4 is 0 Å². The third-order valence-corrected chi connectivity index (χ3v) is 2.44. The summed E-state index contributed by atoms with van der Waals surface area (Å²) in [7, 11) is 0. The molecule has 2 rings (SSSR count). The Kier molecular flexibility index (Phi) is 2.97. The maximum absolute atomic E-state index is 13.6. The number of aromatic nitrogens is 3. The fraction of sp³-hybridized carbons (Fsp3) is 0.111. The first kappa shape index (κ1) is 11.2. The minimum absolute atomic E-state index is 0.0696. The Morgan fingerprint density at radius 1 is 1.31 bits per heavy atom. The quantitative estimate of drug-likeness (QED) is 0.917. The minimum atomic E-state index is -0.763. The molecule has 0 atom stereocenters. The van der Waals surface area contributed by atoms with Gasteiger partial charge in [-0.1, -0.05) is 15.9 Å². The highest BCUT2D eigenvalue weighted by Crippen LogP contribution is 2.23. The van der Waals surface area contributed by atoms with Crippen LogP contribution in [-0.2, 0) is 6.61 Å². The smallest absolute Gasteiger partial charge is 0.163 e. The van der Waals surface area contributed by atoms with E-state index in [4.69, 9.17) is 5.11 Å². The standard InChI is InChI=1S/C9H6BrF2N3O/c10-5-1-6(11)9(7(12)2-5)15-4-13-14-8(15)3-16/h1-2,4,16H,3H2. The van der Waals surface area contributed by atoms with Gasteiger partial charge in [0.15, 0.2) is 17.5 Å². The van der Waals surface area contributed by atoms with E-state index < -0.39 is 18.2 Å². The van der Waals surface area contributed by atoms with Crippen molar-refractivity contribution < 1.29 is 13.9 Å². The first-order chi connectivity index (χ1) is 7.63. The van der Waals surface area contributed by atoms with Gasteiger partial charge in [0.2, 0.25) is 0 Å². The molecule has 2 aromatic rings. The van der Waals surface area contributed by atoms with Crippen LogP contribution >= 0.6 is 15.9 Å². The molecule has 16 heavy (non-hydrogen) atoms. The van der Waals surface area contributed by atoms with Gasteiger partial charge in [0.1, 0.15) is 18.6 Å². The van der Waals surface area contributed by atoms with E-state index in [0.717, 1.165) is 23.0 Å². The lowest BCUT2D eigenvalue weighted by molar-refractivity contribution is 0.268. The van der Waals surface area contributed by atoms with Gasteiger partial charge in [-0.05, 0) is 12.1 Å². The Morgan fingerprint density at radius 3 is 2.50 bits per heavy atom. The predicted molar refractivity (Wildman–Crippen MR) is 54.9 cm³/mol. The molecule has 0 spiro atoms. The molecule has 1 aromatic heterocycles. The van der Waals surface area contributed by atoms with Gasteiger partial charge in [-0.2, -0.15) is 0 Å². The highest BCUT2D eigenvalue weighted by Gasteiger charge is 2.15. The van der Waals surface area contributed by atoms with Crippen molar-refractivity contribution >= 4 is 15.9 Å². The molecule has 1 aromatic carbocycles. The first-order valence-corrected chi connectivity index (χ1v) is 5.07. The summed E-state index contributed by atoms with van der Waals surface area (Å²) in [5.41, 5.74) is -0.308. The normalized spacial score (nSPS) is 10.8. The van der Waals surface area contributed by atoms with E-state index in [-0.39, 0.29) is 11.5 Å². The van der Waals surface area contributed by atoms with E-state index in [9.17, 15) is 8.78 Å². The molecule has 4 nitrogen and oxygen atoms in total. The number of aliphatic hydroxyl groups is 1. The third kappa shape index (κ3) is 1.83. The molecule has 0 amide bonds. The van der Waals surface area contributed by atoms with Crippen molar-refractivity contribution in [3.63, 3.8) is 0 Å². The fourth-order valence-corrected chi connectivity index (χ4v) is 1.72. The maximum atomic E-state index is 13.6. The molecule has 0 radical (unpaired) electrons. The lowest BCUT2D eigenvalue weighted by Gasteiger charge is -2.07. The SMILES string of the molecule is OCc1nncn1-c1c(F)cc(Br)cc1F. The zero-order valence-corrected chi connectivity index (χ0v) is 9.45. The molecule has 0 aliphatic heterocycles. The minimum Gasteiger partial charge on any atom is -0.388 e. The fourth-order valence-electron chi connectivity index (χ4n) is 1.32. The van der Waals surface area contributed by atoms with Crippen LogP contribution in [0.5, 0.6) is 0 Å². The summed E-state index contributed by atoms with van der Waals surface area (Å²) < 4.78 is 28.5. The van der Waals surface area contributed by atoms with Crippen LogP contribution in [0.4, 0.5) is 8.78 Å². The summed E-state index contributed by atoms with van der Waals surface area (Å²) in [6, 6.07) is 2.25. The number of halogens is 3. The number of nitrogens with zero attached hydrogens (tertiary/aromatic N) is 3. The molecule has 0 fully saturated rings. The highest BCUT2D eigenvalue weighted by molar-refractivity contribution is 9.10. The van der Waals surface area contributed by atoms with Gasteiger partial charge in [0.25, 0.3) is 0 Å². The number of aliphatic hydroxyl groups excluding tert-OH is 1. The second kappa shape index (κ2) is 4.26. The summed E-state index contributed by atoms with van der Waals surface area (Å²) in [5.74, 6) is -1.46. The Morgan fingerprint density at radius 2 is 1.94 bits per heavy atom. The van der Waals surface area contributed by atoms with Crippen molar-refractivity contribution in [2.75, 3.05) is 0 Å². The van der Waals surface area contributed by atoms with Crippen LogP contribution in [0, 0.1) is 11.6 Å². The third-order valence-electron chi connectivity index (χ3n) is 1.98. The second-order valence-electron chi connectivity index (χ2n) is 2.99. The first-order valence-electron chi connectivity index (χ1n) is 4.28. The van der Waals surface area contributed by atoms with E-state index in [1.165, 1.54) is 0 Å². The Balaban J connectivity index is 2.64. The second-order valence-corrected chi connectivity index (χ2v) is 3.91. The summed E-state index contributed by atoms with van der Waals surface area (Å²) in [6.45, 7) is -0.449. The van der Waals surface area contributed by atoms with Gasteiger partial charge >= 0.3 is 0 Å². The molecule has 0 bridgehead atoms. The molecule has 7 heteroatoms. The lowest BCUT2D eigenvalue weighted by Crippen LogP contribution is -2.05. The predicted octanol–water partition coefficient (Wildman–Crippen LogP) is 1.80. The van der Waals surface area contributed by atoms with E-state index in [0.29, 0.717) is 4.47 Å². The topological polar surface area (TPSA) is 50.9 Å². The van der Waals surface area contributed by atoms with E-state index in [2.05, 4.69) is 26.1 Å². The Bertz CT molecular complexity index is 506. The number of benzene rings is 1. The summed E-state index contributed by atoms with van der Waals surface area (Å²) in [5, 5.41) is 15.9. The molecular weight excluding hydrogens is 284 g/mol. The van der Waals surface area contributed by atoms with E-state index >= 15 is 0 Å². The lowest BCUT2D eigenvalue weighted by atomic mass is 10.3. The van der Waals surface area contributed by atoms with Gasteiger partial charge < -0.3 is 5.11 Å². The van der Waals surface area contributed by atoms with E-state index in [1.54, 1.807) is 0 Å². The summed E-state index contributed by atoms with van der Waals surface area (Å²) in [4.78, 5) is 0. The zero-order chi connectivity index (χ0) is 11.7. The molecule has 0 aliphatic rings. The highest BCUT2D eigenvalue weighted by atomic mass is 79.9. The Hall–Kier alpha value is -1.34. The molecule has 0 unspecified atom stereocenters. The van der Waals surface area contributed by atoms with Crippen LogP contribution in [0.1, 0.15) is 5.82 Å². The van der Waals surface area contributed by atoms with Crippen LogP contribution in [0.15, 0.2) is 22.9 Å². The monoisotopic (exact) mass is 289 g/mol. The Labute approximate surface area is 97.7 Å². The maximum Gasteiger partial charge on any atom is 0.163 e. The van der Waals surface area contributed by atoms with Crippen molar-refractivity contribution in [2.24, 2.45) is 0 Å². The number of hydrogen-bond acceptors (Lipinski definition) is 3. The van der Waals surface area contributed by atoms with Crippen molar-refractivity contribution in [3.05, 3.63) is 40.4 Å². The summed E-state index contributed by atoms with van der Waals surface area (Å²) in [6.07, 6.45) is 1.14. The van der Waals surface area contributed by atoms with Crippen molar-refractivity contribution in [2.45, 2.75) is 6.61 Å². The van der Waals surface area contributed by atoms with Crippen molar-refractivity contribution in [1.29, 1.82) is 0 Å². The molecule has 0 saturated carbocycles. The van der Waals surface area contributed by atoms with Crippen LogP contribution in [0.2, 0.25) is 0 Å². The van der Waals surface area contributed by atoms with Gasteiger partial charge in [0.05, 0.1) is 0 Å². The molecule has 0 aliphatic carbocycles. The van der Waals surface area contributed by atoms with Crippen LogP contribution in [0.25, 0.3) is 5.69 Å². The van der Waals surface area contributed by atoms with E-state index in [1.807, 2.05) is 0 Å². The van der Waals surface area contributed by atoms with Crippen LogP contribution in [0.3, 0.4) is 0 Å². The average Bonchev–Trinajstić information content (AvgIpc) is 2.64. The van der Waals surface area contributed by atoms with Gasteiger partial charge in [-0.15, -0.1) is 10.2 Å². The molecule has 84 valence electrons. The van der Waals surface area contributed by atoms with Crippen molar-refractivity contribution in [3.8, 4) is 5.69 Å². The molecule has 0 saturated heterocycles. The van der Waals surface area contributed by atoms with Crippen LogP contribution in [-0.4, -0.2) is 19.9 Å². The number of rotatable bonds is 2. The van der Waals surface area contributed by atoms with Crippen molar-refractivity contribution in [1.82, 2.24) is 14.8 Å². The summed E-state index contributed by atoms with van der Waals surface area (Å²) >= 11 is 2.98. The van der Waals surface area contributed by atoms with Gasteiger partial charge in [-0.25, -0.2) is 8.78 Å². The zero-order valence-electron chi connectivity index (χ0n) is 7.86. The largest absolute Gasteiger partial charge is 0.388 e. The average molecular weight is 290 g/mol. The molecule has 1 N–H and O–H groups in total. The number of hydrogen-bond donors (Lipinski definition) is 1. The van der Waals surface area contributed by atoms with Gasteiger partial charge in [0, 0.05) is 4.47 Å². The molecular formula is C9H6BrF2N3O. The molecule has 1 heterocycles.